The Morgan fingerprint density at radius 2 is 1.62 bits per heavy atom. The molecule has 12 atom stereocenters. The fourth-order valence-corrected chi connectivity index (χ4v) is 7.55. The van der Waals surface area contributed by atoms with Crippen molar-refractivity contribution < 1.29 is 43.9 Å². The number of aliphatic hydroxyl groups is 3. The molecule has 9 heteroatoms. The fraction of sp³-hybridized carbons (Fsp3) is 0.857. The summed E-state index contributed by atoms with van der Waals surface area (Å²) in [6, 6.07) is 0. The summed E-state index contributed by atoms with van der Waals surface area (Å²) < 4.78 is 23.7. The largest absolute Gasteiger partial charge is 0.453 e. The van der Waals surface area contributed by atoms with E-state index in [-0.39, 0.29) is 29.1 Å². The lowest BCUT2D eigenvalue weighted by Crippen LogP contribution is -2.61. The maximum absolute atomic E-state index is 12.6. The van der Waals surface area contributed by atoms with Crippen molar-refractivity contribution in [2.45, 2.75) is 123 Å². The van der Waals surface area contributed by atoms with Gasteiger partial charge in [0.1, 0.15) is 6.10 Å². The van der Waals surface area contributed by atoms with E-state index in [0.717, 1.165) is 6.42 Å². The summed E-state index contributed by atoms with van der Waals surface area (Å²) in [6.07, 6.45) is -2.69. The highest BCUT2D eigenvalue weighted by Gasteiger charge is 2.73. The van der Waals surface area contributed by atoms with Gasteiger partial charge in [-0.05, 0) is 76.5 Å². The number of aliphatic hydroxyl groups excluding tert-OH is 1. The summed E-state index contributed by atoms with van der Waals surface area (Å²) >= 11 is 0. The molecule has 3 aliphatic carbocycles. The van der Waals surface area contributed by atoms with Crippen LogP contribution in [0.5, 0.6) is 0 Å². The highest BCUT2D eigenvalue weighted by Crippen LogP contribution is 2.72. The number of allylic oxidation sites excluding steroid dienone is 1. The third-order valence-electron chi connectivity index (χ3n) is 9.68. The Kier molecular flexibility index (Phi) is 7.38. The first-order valence-electron chi connectivity index (χ1n) is 13.5. The van der Waals surface area contributed by atoms with Crippen molar-refractivity contribution >= 4 is 11.9 Å². The van der Waals surface area contributed by atoms with E-state index in [1.54, 1.807) is 26.8 Å². The van der Waals surface area contributed by atoms with E-state index >= 15 is 0 Å². The molecular weight excluding hydrogens is 480 g/mol. The van der Waals surface area contributed by atoms with E-state index in [0.29, 0.717) is 18.4 Å². The zero-order valence-corrected chi connectivity index (χ0v) is 23.3. The molecule has 4 rings (SSSR count). The minimum absolute atomic E-state index is 0.0357. The van der Waals surface area contributed by atoms with Crippen molar-refractivity contribution in [3.63, 3.8) is 0 Å². The van der Waals surface area contributed by atoms with E-state index < -0.39 is 60.0 Å². The summed E-state index contributed by atoms with van der Waals surface area (Å²) in [6.45, 7) is 14.2. The Labute approximate surface area is 219 Å². The third kappa shape index (κ3) is 4.98. The lowest BCUT2D eigenvalue weighted by Gasteiger charge is -2.44. The first kappa shape index (κ1) is 28.5. The van der Waals surface area contributed by atoms with Gasteiger partial charge in [-0.15, -0.1) is 0 Å². The number of rotatable bonds is 5. The lowest BCUT2D eigenvalue weighted by molar-refractivity contribution is -0.312. The molecule has 0 aromatic carbocycles. The summed E-state index contributed by atoms with van der Waals surface area (Å²) in [5.41, 5.74) is -1.73. The van der Waals surface area contributed by atoms with Crippen LogP contribution in [-0.2, 0) is 28.5 Å². The van der Waals surface area contributed by atoms with E-state index in [1.807, 2.05) is 13.8 Å². The molecule has 4 aliphatic rings. The number of esters is 2. The van der Waals surface area contributed by atoms with E-state index in [4.69, 9.17) is 18.9 Å². The van der Waals surface area contributed by atoms with Crippen molar-refractivity contribution in [1.29, 1.82) is 0 Å². The molecular formula is C28H44O9. The monoisotopic (exact) mass is 524 g/mol. The number of fused-ring (bicyclic) bond motifs is 3. The van der Waals surface area contributed by atoms with Crippen molar-refractivity contribution in [3.05, 3.63) is 11.6 Å². The van der Waals surface area contributed by atoms with E-state index in [2.05, 4.69) is 13.8 Å². The molecule has 1 aliphatic heterocycles. The van der Waals surface area contributed by atoms with Crippen LogP contribution in [0.15, 0.2) is 11.6 Å². The van der Waals surface area contributed by atoms with Crippen LogP contribution in [0.2, 0.25) is 0 Å². The highest BCUT2D eigenvalue weighted by atomic mass is 16.7. The van der Waals surface area contributed by atoms with Crippen molar-refractivity contribution in [1.82, 2.24) is 0 Å². The van der Waals surface area contributed by atoms with Crippen molar-refractivity contribution in [3.8, 4) is 0 Å². The molecule has 3 N–H and O–H groups in total. The number of ether oxygens (including phenoxy) is 4. The Balaban J connectivity index is 1.64. The SMILES string of the molecule is C/C=C(\C)C(=O)O[C@H]1[C@@H](O)[C@@H](C)O[C@@H](O[C@H]2C[C@@](C)(O)[C@H]3CC[C@](C)(O)[C@H]3[C@H]3[C@@H]2C3(C)C)[C@@H]1OC(C)=O. The van der Waals surface area contributed by atoms with Crippen molar-refractivity contribution in [2.24, 2.45) is 29.1 Å². The number of carbonyl (C=O) groups excluding carboxylic acids is 2. The molecule has 37 heavy (non-hydrogen) atoms. The minimum atomic E-state index is -1.24. The third-order valence-corrected chi connectivity index (χ3v) is 9.68. The van der Waals surface area contributed by atoms with E-state index in [9.17, 15) is 24.9 Å². The standard InChI is InChI=1S/C28H44O9/c1-9-13(2)24(31)37-22-21(30)14(3)34-25(23(22)35-15(4)29)36-17-12-28(8,33)16-10-11-27(7,32)18(16)20-19(17)26(20,5)6/h9,14,16-23,25,30,32-33H,10-12H2,1-8H3/b13-9+/t14-,16+,17+,18-,19-,20+,21+,22+,23-,25+,27+,28-/m1/s1. The second-order valence-electron chi connectivity index (χ2n) is 12.8. The number of hydrogen-bond donors (Lipinski definition) is 3. The maximum atomic E-state index is 12.6. The van der Waals surface area contributed by atoms with Gasteiger partial charge in [0.05, 0.1) is 23.4 Å². The van der Waals surface area contributed by atoms with Gasteiger partial charge >= 0.3 is 11.9 Å². The number of hydrogen-bond acceptors (Lipinski definition) is 9. The average Bonchev–Trinajstić information content (AvgIpc) is 3.22. The zero-order valence-electron chi connectivity index (χ0n) is 23.3. The van der Waals surface area contributed by atoms with Crippen LogP contribution in [0.4, 0.5) is 0 Å². The second kappa shape index (κ2) is 9.59. The van der Waals surface area contributed by atoms with Crippen LogP contribution in [0.3, 0.4) is 0 Å². The first-order chi connectivity index (χ1) is 17.0. The Hall–Kier alpha value is -1.52. The summed E-state index contributed by atoms with van der Waals surface area (Å²) in [5.74, 6) is -1.22. The number of carbonyl (C=O) groups is 2. The molecule has 0 aromatic heterocycles. The predicted molar refractivity (Wildman–Crippen MR) is 133 cm³/mol. The van der Waals surface area contributed by atoms with Gasteiger partial charge in [0.2, 0.25) is 0 Å². The normalized spacial score (nSPS) is 48.9. The van der Waals surface area contributed by atoms with Gasteiger partial charge in [0.15, 0.2) is 18.5 Å². The molecule has 3 saturated carbocycles. The molecule has 0 unspecified atom stereocenters. The van der Waals surface area contributed by atoms with Gasteiger partial charge in [0.25, 0.3) is 0 Å². The quantitative estimate of drug-likeness (QED) is 0.367. The predicted octanol–water partition coefficient (Wildman–Crippen LogP) is 2.49. The maximum Gasteiger partial charge on any atom is 0.333 e. The summed E-state index contributed by atoms with van der Waals surface area (Å²) in [4.78, 5) is 24.7. The van der Waals surface area contributed by atoms with Gasteiger partial charge < -0.3 is 34.3 Å². The molecule has 0 radical (unpaired) electrons. The van der Waals surface area contributed by atoms with Gasteiger partial charge in [-0.3, -0.25) is 4.79 Å². The highest BCUT2D eigenvalue weighted by molar-refractivity contribution is 5.87. The molecule has 1 saturated heterocycles. The molecule has 0 aromatic rings. The smallest absolute Gasteiger partial charge is 0.333 e. The topological polar surface area (TPSA) is 132 Å². The van der Waals surface area contributed by atoms with Crippen LogP contribution in [0.25, 0.3) is 0 Å². The zero-order chi connectivity index (χ0) is 27.7. The Morgan fingerprint density at radius 3 is 2.22 bits per heavy atom. The summed E-state index contributed by atoms with van der Waals surface area (Å²) in [5, 5.41) is 33.7. The van der Waals surface area contributed by atoms with E-state index in [1.165, 1.54) is 6.92 Å². The van der Waals surface area contributed by atoms with Crippen LogP contribution in [-0.4, -0.2) is 75.3 Å². The molecule has 0 bridgehead atoms. The molecule has 4 fully saturated rings. The van der Waals surface area contributed by atoms with Gasteiger partial charge in [-0.2, -0.15) is 0 Å². The Morgan fingerprint density at radius 1 is 0.973 bits per heavy atom. The van der Waals surface area contributed by atoms with Gasteiger partial charge in [-0.25, -0.2) is 4.79 Å². The van der Waals surface area contributed by atoms with Crippen LogP contribution in [0.1, 0.15) is 74.7 Å². The molecule has 0 spiro atoms. The fourth-order valence-electron chi connectivity index (χ4n) is 7.55. The minimum Gasteiger partial charge on any atom is -0.453 e. The average molecular weight is 525 g/mol. The van der Waals surface area contributed by atoms with Gasteiger partial charge in [-0.1, -0.05) is 19.9 Å². The second-order valence-corrected chi connectivity index (χ2v) is 12.8. The molecule has 9 nitrogen and oxygen atoms in total. The molecule has 210 valence electrons. The molecule has 1 heterocycles. The van der Waals surface area contributed by atoms with Crippen molar-refractivity contribution in [2.75, 3.05) is 0 Å². The van der Waals surface area contributed by atoms with Crippen LogP contribution < -0.4 is 0 Å². The van der Waals surface area contributed by atoms with Crippen LogP contribution >= 0.6 is 0 Å². The van der Waals surface area contributed by atoms with Crippen LogP contribution in [0, 0.1) is 29.1 Å². The Bertz CT molecular complexity index is 938. The lowest BCUT2D eigenvalue weighted by atomic mass is 9.73. The molecule has 0 amide bonds. The van der Waals surface area contributed by atoms with Gasteiger partial charge in [0, 0.05) is 18.9 Å². The summed E-state index contributed by atoms with van der Waals surface area (Å²) in [7, 11) is 0. The first-order valence-corrected chi connectivity index (χ1v) is 13.5.